The SMILES string of the molecule is CCCCOC(=O)C(C[C@@H](F)Cn1cc(C(=O)OC(C)(C)C)nn1)(C(=O)O)c1ccc(NC(=O)Cc2cc(OC3CC(F)(F)C3)cc(C)n2)nn1. The van der Waals surface area contributed by atoms with Crippen molar-refractivity contribution in [2.45, 2.75) is 109 Å². The van der Waals surface area contributed by atoms with E-state index in [1.54, 1.807) is 33.8 Å². The number of alkyl halides is 3. The number of esters is 2. The summed E-state index contributed by atoms with van der Waals surface area (Å²) in [5, 5.41) is 28.0. The normalized spacial score (nSPS) is 15.9. The van der Waals surface area contributed by atoms with E-state index in [0.29, 0.717) is 24.3 Å². The Morgan fingerprint density at radius 3 is 2.45 bits per heavy atom. The molecule has 15 nitrogen and oxygen atoms in total. The number of ether oxygens (including phenoxy) is 3. The number of rotatable bonds is 16. The lowest BCUT2D eigenvalue weighted by Crippen LogP contribution is -2.48. The maximum atomic E-state index is 15.7. The second-order valence-electron chi connectivity index (χ2n) is 13.3. The van der Waals surface area contributed by atoms with E-state index in [0.717, 1.165) is 16.9 Å². The number of hydrogen-bond donors (Lipinski definition) is 2. The Labute approximate surface area is 291 Å². The van der Waals surface area contributed by atoms with Crippen LogP contribution in [0.4, 0.5) is 19.0 Å². The average Bonchev–Trinajstić information content (AvgIpc) is 3.47. The van der Waals surface area contributed by atoms with Crippen molar-refractivity contribution >= 4 is 29.6 Å². The lowest BCUT2D eigenvalue weighted by Gasteiger charge is -2.34. The molecule has 0 aromatic carbocycles. The Kier molecular flexibility index (Phi) is 12.0. The summed E-state index contributed by atoms with van der Waals surface area (Å²) in [6.45, 7) is 7.75. The molecule has 276 valence electrons. The summed E-state index contributed by atoms with van der Waals surface area (Å²) in [4.78, 5) is 55.6. The van der Waals surface area contributed by atoms with E-state index in [1.807, 2.05) is 6.92 Å². The quantitative estimate of drug-likeness (QED) is 0.122. The molecule has 2 atom stereocenters. The van der Waals surface area contributed by atoms with Crippen molar-refractivity contribution < 1.29 is 51.7 Å². The number of hydrogen-bond acceptors (Lipinski definition) is 12. The maximum absolute atomic E-state index is 15.7. The molecule has 51 heavy (non-hydrogen) atoms. The zero-order valence-corrected chi connectivity index (χ0v) is 28.8. The van der Waals surface area contributed by atoms with Gasteiger partial charge in [0.1, 0.15) is 23.6 Å². The van der Waals surface area contributed by atoms with E-state index in [-0.39, 0.29) is 30.2 Å². The zero-order chi connectivity index (χ0) is 37.6. The molecular weight excluding hydrogens is 679 g/mol. The van der Waals surface area contributed by atoms with Crippen LogP contribution in [0, 0.1) is 6.92 Å². The van der Waals surface area contributed by atoms with Crippen molar-refractivity contribution in [1.29, 1.82) is 0 Å². The topological polar surface area (TPSA) is 198 Å². The molecule has 1 aliphatic rings. The van der Waals surface area contributed by atoms with Gasteiger partial charge in [-0.15, -0.1) is 10.2 Å². The number of pyridine rings is 1. The molecule has 3 aromatic heterocycles. The van der Waals surface area contributed by atoms with Gasteiger partial charge in [-0.2, -0.15) is 5.10 Å². The summed E-state index contributed by atoms with van der Waals surface area (Å²) < 4.78 is 59.2. The number of carboxylic acids is 1. The summed E-state index contributed by atoms with van der Waals surface area (Å²) in [6, 6.07) is 5.35. The molecule has 0 spiro atoms. The summed E-state index contributed by atoms with van der Waals surface area (Å²) in [7, 11) is 0. The van der Waals surface area contributed by atoms with Crippen molar-refractivity contribution in [2.75, 3.05) is 11.9 Å². The summed E-state index contributed by atoms with van der Waals surface area (Å²) in [5.41, 5.74) is -3.33. The van der Waals surface area contributed by atoms with Crippen LogP contribution in [0.1, 0.15) is 87.4 Å². The molecule has 4 rings (SSSR count). The van der Waals surface area contributed by atoms with Crippen LogP contribution in [-0.4, -0.2) is 89.5 Å². The van der Waals surface area contributed by atoms with Gasteiger partial charge < -0.3 is 24.6 Å². The minimum absolute atomic E-state index is 0.114. The molecule has 0 bridgehead atoms. The predicted octanol–water partition coefficient (Wildman–Crippen LogP) is 4.18. The van der Waals surface area contributed by atoms with Crippen LogP contribution in [0.3, 0.4) is 0 Å². The Balaban J connectivity index is 1.48. The number of unbranched alkanes of at least 4 members (excludes halogenated alkanes) is 1. The van der Waals surface area contributed by atoms with Crippen LogP contribution in [0.25, 0.3) is 0 Å². The van der Waals surface area contributed by atoms with Gasteiger partial charge in [0.2, 0.25) is 11.3 Å². The first-order chi connectivity index (χ1) is 23.9. The number of halogens is 3. The zero-order valence-electron chi connectivity index (χ0n) is 28.8. The van der Waals surface area contributed by atoms with E-state index < -0.39 is 84.5 Å². The Hall–Kier alpha value is -5.16. The van der Waals surface area contributed by atoms with Crippen LogP contribution in [0.2, 0.25) is 0 Å². The Bertz CT molecular complexity index is 1720. The molecule has 3 heterocycles. The number of anilines is 1. The molecule has 0 aliphatic heterocycles. The highest BCUT2D eigenvalue weighted by atomic mass is 19.3. The number of nitrogens with zero attached hydrogens (tertiary/aromatic N) is 6. The summed E-state index contributed by atoms with van der Waals surface area (Å²) >= 11 is 0. The molecular formula is C33H40F3N7O8. The van der Waals surface area contributed by atoms with Crippen molar-refractivity contribution in [1.82, 2.24) is 30.2 Å². The highest BCUT2D eigenvalue weighted by Crippen LogP contribution is 2.40. The van der Waals surface area contributed by atoms with Crippen LogP contribution in [0.15, 0.2) is 30.5 Å². The number of carbonyl (C=O) groups is 4. The lowest BCUT2D eigenvalue weighted by molar-refractivity contribution is -0.163. The molecule has 1 unspecified atom stereocenters. The number of carboxylic acid groups (broad SMARTS) is 1. The first-order valence-corrected chi connectivity index (χ1v) is 16.2. The molecule has 1 fully saturated rings. The molecule has 18 heteroatoms. The first kappa shape index (κ1) is 38.6. The monoisotopic (exact) mass is 719 g/mol. The third kappa shape index (κ3) is 10.4. The maximum Gasteiger partial charge on any atom is 0.361 e. The third-order valence-corrected chi connectivity index (χ3v) is 7.55. The van der Waals surface area contributed by atoms with Crippen molar-refractivity contribution in [3.8, 4) is 5.75 Å². The van der Waals surface area contributed by atoms with Crippen LogP contribution < -0.4 is 10.1 Å². The van der Waals surface area contributed by atoms with Crippen LogP contribution in [-0.2, 0) is 42.2 Å². The van der Waals surface area contributed by atoms with Crippen LogP contribution in [0.5, 0.6) is 5.75 Å². The molecule has 0 radical (unpaired) electrons. The first-order valence-electron chi connectivity index (χ1n) is 16.2. The Morgan fingerprint density at radius 2 is 1.84 bits per heavy atom. The second-order valence-corrected chi connectivity index (χ2v) is 13.3. The van der Waals surface area contributed by atoms with E-state index in [4.69, 9.17) is 14.2 Å². The lowest BCUT2D eigenvalue weighted by atomic mass is 9.79. The molecule has 3 aromatic rings. The molecule has 2 N–H and O–H groups in total. The highest BCUT2D eigenvalue weighted by molar-refractivity contribution is 6.05. The van der Waals surface area contributed by atoms with E-state index in [2.05, 4.69) is 30.8 Å². The highest BCUT2D eigenvalue weighted by Gasteiger charge is 2.53. The summed E-state index contributed by atoms with van der Waals surface area (Å²) in [5.74, 6) is -6.98. The molecule has 1 saturated carbocycles. The molecule has 1 amide bonds. The van der Waals surface area contributed by atoms with Crippen molar-refractivity contribution in [3.63, 3.8) is 0 Å². The van der Waals surface area contributed by atoms with Gasteiger partial charge in [0.15, 0.2) is 11.5 Å². The minimum Gasteiger partial charge on any atom is -0.490 e. The van der Waals surface area contributed by atoms with Gasteiger partial charge in [0.05, 0.1) is 37.2 Å². The van der Waals surface area contributed by atoms with Gasteiger partial charge in [-0.1, -0.05) is 18.6 Å². The fourth-order valence-corrected chi connectivity index (χ4v) is 5.14. The molecule has 1 aliphatic carbocycles. The number of amides is 1. The molecule has 0 saturated heterocycles. The number of aromatic nitrogens is 6. The van der Waals surface area contributed by atoms with Gasteiger partial charge in [0, 0.05) is 37.1 Å². The largest absolute Gasteiger partial charge is 0.490 e. The average molecular weight is 720 g/mol. The fraction of sp³-hybridized carbons (Fsp3) is 0.545. The minimum atomic E-state index is -2.76. The van der Waals surface area contributed by atoms with Gasteiger partial charge in [-0.3, -0.25) is 19.4 Å². The van der Waals surface area contributed by atoms with E-state index in [1.165, 1.54) is 12.1 Å². The van der Waals surface area contributed by atoms with Crippen molar-refractivity contribution in [2.24, 2.45) is 0 Å². The van der Waals surface area contributed by atoms with E-state index >= 15 is 4.39 Å². The van der Waals surface area contributed by atoms with Gasteiger partial charge in [-0.25, -0.2) is 22.6 Å². The van der Waals surface area contributed by atoms with Crippen LogP contribution >= 0.6 is 0 Å². The summed E-state index contributed by atoms with van der Waals surface area (Å²) in [6.07, 6.45) is -2.50. The van der Waals surface area contributed by atoms with E-state index in [9.17, 15) is 33.1 Å². The fourth-order valence-electron chi connectivity index (χ4n) is 5.14. The predicted molar refractivity (Wildman–Crippen MR) is 172 cm³/mol. The number of carbonyl (C=O) groups excluding carboxylic acids is 3. The number of nitrogens with one attached hydrogen (secondary N) is 1. The van der Waals surface area contributed by atoms with Crippen molar-refractivity contribution in [3.05, 3.63) is 53.2 Å². The third-order valence-electron chi connectivity index (χ3n) is 7.55. The van der Waals surface area contributed by atoms with Gasteiger partial charge in [-0.05, 0) is 46.2 Å². The number of aryl methyl sites for hydroxylation is 1. The Morgan fingerprint density at radius 1 is 1.12 bits per heavy atom. The second kappa shape index (κ2) is 15.8. The smallest absolute Gasteiger partial charge is 0.361 e. The van der Waals surface area contributed by atoms with Gasteiger partial charge in [0.25, 0.3) is 5.92 Å². The van der Waals surface area contributed by atoms with Gasteiger partial charge >= 0.3 is 17.9 Å². The standard InChI is InChI=1S/C33H40F3N7O8/c1-6-7-10-49-30(48)33(29(46)47,14-20(34)17-43-18-24(39-42-43)28(45)51-31(3,4)5)25-8-9-26(41-40-25)38-27(44)13-21-12-22(11-19(2)37-21)50-23-15-32(35,36)16-23/h8-9,11-12,18,20,23H,6-7,10,13-17H2,1-5H3,(H,46,47)(H,38,41,44)/t20-,33?/m1/s1. The number of aliphatic carboxylic acids is 1.